The first-order valence-electron chi connectivity index (χ1n) is 4.94. The van der Waals surface area contributed by atoms with Gasteiger partial charge in [-0.15, -0.1) is 6.58 Å². The van der Waals surface area contributed by atoms with Crippen LogP contribution in [0.4, 0.5) is 0 Å². The Bertz CT molecular complexity index is 177. The van der Waals surface area contributed by atoms with E-state index in [4.69, 9.17) is 5.11 Å². The summed E-state index contributed by atoms with van der Waals surface area (Å²) in [6.07, 6.45) is 0.760. The Hall–Kier alpha value is -0.380. The predicted molar refractivity (Wildman–Crippen MR) is 56.9 cm³/mol. The van der Waals surface area contributed by atoms with Crippen molar-refractivity contribution in [2.24, 2.45) is 11.3 Å². The van der Waals surface area contributed by atoms with E-state index in [1.165, 1.54) is 0 Å². The maximum atomic E-state index is 9.89. The van der Waals surface area contributed by atoms with Gasteiger partial charge >= 0.3 is 0 Å². The van der Waals surface area contributed by atoms with Crippen LogP contribution < -0.4 is 0 Å². The number of aliphatic hydroxyl groups is 3. The summed E-state index contributed by atoms with van der Waals surface area (Å²) in [5.74, 6) is -0.268. The molecule has 0 spiro atoms. The second-order valence-corrected chi connectivity index (χ2v) is 4.54. The fourth-order valence-corrected chi connectivity index (χ4v) is 1.40. The molecule has 3 N–H and O–H groups in total. The first kappa shape index (κ1) is 13.6. The Morgan fingerprint density at radius 3 is 2.21 bits per heavy atom. The summed E-state index contributed by atoms with van der Waals surface area (Å²) in [7, 11) is 0. The van der Waals surface area contributed by atoms with E-state index in [1.807, 2.05) is 0 Å². The topological polar surface area (TPSA) is 60.7 Å². The van der Waals surface area contributed by atoms with Crippen molar-refractivity contribution in [1.82, 2.24) is 0 Å². The third kappa shape index (κ3) is 3.40. The summed E-state index contributed by atoms with van der Waals surface area (Å²) in [4.78, 5) is 0. The summed E-state index contributed by atoms with van der Waals surface area (Å²) in [5, 5.41) is 28.6. The molecule has 3 nitrogen and oxygen atoms in total. The monoisotopic (exact) mass is 202 g/mol. The van der Waals surface area contributed by atoms with Crippen molar-refractivity contribution >= 4 is 0 Å². The van der Waals surface area contributed by atoms with Crippen LogP contribution in [0.1, 0.15) is 27.2 Å². The molecule has 0 aromatic heterocycles. The van der Waals surface area contributed by atoms with E-state index in [1.54, 1.807) is 26.8 Å². The molecular formula is C11H22O3. The molecule has 84 valence electrons. The summed E-state index contributed by atoms with van der Waals surface area (Å²) < 4.78 is 0. The van der Waals surface area contributed by atoms with E-state index in [9.17, 15) is 10.2 Å². The number of hydrogen-bond acceptors (Lipinski definition) is 3. The van der Waals surface area contributed by atoms with Crippen LogP contribution in [-0.2, 0) is 0 Å². The molecule has 0 saturated carbocycles. The summed E-state index contributed by atoms with van der Waals surface area (Å²) >= 11 is 0. The molecule has 0 unspecified atom stereocenters. The van der Waals surface area contributed by atoms with Gasteiger partial charge in [-0.05, 0) is 6.42 Å². The number of rotatable bonds is 6. The lowest BCUT2D eigenvalue weighted by molar-refractivity contribution is -0.0614. The van der Waals surface area contributed by atoms with E-state index < -0.39 is 17.6 Å². The van der Waals surface area contributed by atoms with Crippen LogP contribution in [0.25, 0.3) is 0 Å². The Morgan fingerprint density at radius 1 is 1.36 bits per heavy atom. The van der Waals surface area contributed by atoms with Gasteiger partial charge in [0.05, 0.1) is 18.8 Å². The van der Waals surface area contributed by atoms with Crippen LogP contribution in [-0.4, -0.2) is 34.1 Å². The van der Waals surface area contributed by atoms with Crippen LogP contribution in [0.3, 0.4) is 0 Å². The number of hydrogen-bond donors (Lipinski definition) is 3. The zero-order valence-corrected chi connectivity index (χ0v) is 9.27. The van der Waals surface area contributed by atoms with Crippen molar-refractivity contribution in [3.63, 3.8) is 0 Å². The highest BCUT2D eigenvalue weighted by atomic mass is 16.3. The maximum Gasteiger partial charge on any atom is 0.0663 e. The van der Waals surface area contributed by atoms with Crippen LogP contribution in [0.5, 0.6) is 0 Å². The van der Waals surface area contributed by atoms with Crippen molar-refractivity contribution in [2.75, 3.05) is 6.61 Å². The quantitative estimate of drug-likeness (QED) is 0.562. The second kappa shape index (κ2) is 5.49. The molecule has 0 aliphatic heterocycles. The summed E-state index contributed by atoms with van der Waals surface area (Å²) in [6, 6.07) is 0. The Labute approximate surface area is 86.1 Å². The smallest absolute Gasteiger partial charge is 0.0663 e. The molecule has 0 rings (SSSR count). The van der Waals surface area contributed by atoms with Gasteiger partial charge in [-0.3, -0.25) is 0 Å². The van der Waals surface area contributed by atoms with Gasteiger partial charge in [-0.25, -0.2) is 0 Å². The highest BCUT2D eigenvalue weighted by molar-refractivity contribution is 4.86. The van der Waals surface area contributed by atoms with E-state index >= 15 is 0 Å². The largest absolute Gasteiger partial charge is 0.396 e. The zero-order chi connectivity index (χ0) is 11.4. The Morgan fingerprint density at radius 2 is 1.86 bits per heavy atom. The highest BCUT2D eigenvalue weighted by Gasteiger charge is 2.34. The maximum absolute atomic E-state index is 9.89. The molecule has 0 saturated heterocycles. The van der Waals surface area contributed by atoms with E-state index in [0.717, 1.165) is 0 Å². The van der Waals surface area contributed by atoms with Gasteiger partial charge in [-0.2, -0.15) is 0 Å². The van der Waals surface area contributed by atoms with Crippen LogP contribution in [0.15, 0.2) is 12.7 Å². The Kier molecular flexibility index (Phi) is 5.34. The zero-order valence-electron chi connectivity index (χ0n) is 9.27. The van der Waals surface area contributed by atoms with E-state index in [0.29, 0.717) is 6.42 Å². The molecule has 0 radical (unpaired) electrons. The molecular weight excluding hydrogens is 180 g/mol. The van der Waals surface area contributed by atoms with Gasteiger partial charge in [0.2, 0.25) is 0 Å². The lowest BCUT2D eigenvalue weighted by Crippen LogP contribution is -2.42. The van der Waals surface area contributed by atoms with Gasteiger partial charge in [0.25, 0.3) is 0 Å². The fourth-order valence-electron chi connectivity index (χ4n) is 1.40. The lowest BCUT2D eigenvalue weighted by Gasteiger charge is -2.34. The number of aliphatic hydroxyl groups excluding tert-OH is 3. The SMILES string of the molecule is C=CC[C@H](O)[C@@H](C)[C@@H](O)C(C)(C)CO. The molecule has 3 atom stereocenters. The van der Waals surface area contributed by atoms with Crippen molar-refractivity contribution in [1.29, 1.82) is 0 Å². The summed E-state index contributed by atoms with van der Waals surface area (Å²) in [5.41, 5.74) is -0.582. The van der Waals surface area contributed by atoms with E-state index in [2.05, 4.69) is 6.58 Å². The molecule has 0 bridgehead atoms. The molecule has 3 heteroatoms. The van der Waals surface area contributed by atoms with Gasteiger partial charge < -0.3 is 15.3 Å². The molecule has 0 aromatic rings. The average Bonchev–Trinajstić information content (AvgIpc) is 2.15. The molecule has 0 fully saturated rings. The fraction of sp³-hybridized carbons (Fsp3) is 0.818. The molecule has 0 aromatic carbocycles. The third-order valence-electron chi connectivity index (χ3n) is 2.72. The minimum Gasteiger partial charge on any atom is -0.396 e. The van der Waals surface area contributed by atoms with Crippen LogP contribution >= 0.6 is 0 Å². The van der Waals surface area contributed by atoms with Crippen molar-refractivity contribution < 1.29 is 15.3 Å². The second-order valence-electron chi connectivity index (χ2n) is 4.54. The average molecular weight is 202 g/mol. The normalized spacial score (nSPS) is 18.7. The van der Waals surface area contributed by atoms with Crippen LogP contribution in [0, 0.1) is 11.3 Å². The Balaban J connectivity index is 4.36. The molecule has 0 aliphatic rings. The van der Waals surface area contributed by atoms with Gasteiger partial charge in [0, 0.05) is 11.3 Å². The minimum atomic E-state index is -0.720. The van der Waals surface area contributed by atoms with Crippen LogP contribution in [0.2, 0.25) is 0 Å². The van der Waals surface area contributed by atoms with Crippen molar-refractivity contribution in [2.45, 2.75) is 39.4 Å². The third-order valence-corrected chi connectivity index (χ3v) is 2.72. The molecule has 0 amide bonds. The first-order chi connectivity index (χ1) is 6.36. The van der Waals surface area contributed by atoms with Gasteiger partial charge in [-0.1, -0.05) is 26.8 Å². The lowest BCUT2D eigenvalue weighted by atomic mass is 9.78. The highest BCUT2D eigenvalue weighted by Crippen LogP contribution is 2.28. The molecule has 0 aliphatic carbocycles. The van der Waals surface area contributed by atoms with Crippen molar-refractivity contribution in [3.8, 4) is 0 Å². The van der Waals surface area contributed by atoms with Gasteiger partial charge in [0.15, 0.2) is 0 Å². The molecule has 14 heavy (non-hydrogen) atoms. The molecule has 0 heterocycles. The van der Waals surface area contributed by atoms with E-state index in [-0.39, 0.29) is 12.5 Å². The van der Waals surface area contributed by atoms with Gasteiger partial charge in [0.1, 0.15) is 0 Å². The first-order valence-corrected chi connectivity index (χ1v) is 4.94. The predicted octanol–water partition coefficient (Wildman–Crippen LogP) is 0.939. The minimum absolute atomic E-state index is 0.0979. The van der Waals surface area contributed by atoms with Crippen molar-refractivity contribution in [3.05, 3.63) is 12.7 Å². The summed E-state index contributed by atoms with van der Waals surface area (Å²) in [6.45, 7) is 8.76. The standard InChI is InChI=1S/C11H22O3/c1-5-6-9(13)8(2)10(14)11(3,4)7-12/h5,8-10,12-14H,1,6-7H2,2-4H3/t8-,9+,10-/m1/s1.